The van der Waals surface area contributed by atoms with Crippen molar-refractivity contribution in [1.29, 1.82) is 0 Å². The highest BCUT2D eigenvalue weighted by atomic mass is 16.5. The maximum absolute atomic E-state index is 6.10. The topological polar surface area (TPSA) is 24.5 Å². The predicted molar refractivity (Wildman–Crippen MR) is 87.0 cm³/mol. The van der Waals surface area contributed by atoms with Gasteiger partial charge >= 0.3 is 0 Å². The Balaban J connectivity index is 1.55. The lowest BCUT2D eigenvalue weighted by Crippen LogP contribution is -2.23. The van der Waals surface area contributed by atoms with E-state index < -0.39 is 0 Å². The third-order valence-electron chi connectivity index (χ3n) is 4.89. The Bertz CT molecular complexity index is 455. The second kappa shape index (κ2) is 7.28. The van der Waals surface area contributed by atoms with Crippen LogP contribution in [0, 0.1) is 0 Å². The molecule has 1 aromatic carbocycles. The molecular weight excluding hydrogens is 260 g/mol. The van der Waals surface area contributed by atoms with Crippen molar-refractivity contribution in [2.45, 2.75) is 44.6 Å². The smallest absolute Gasteiger partial charge is 0.122 e. The van der Waals surface area contributed by atoms with Gasteiger partial charge in [0, 0.05) is 12.6 Å². The van der Waals surface area contributed by atoms with Gasteiger partial charge in [-0.3, -0.25) is 0 Å². The second-order valence-electron chi connectivity index (χ2n) is 6.31. The predicted octanol–water partition coefficient (Wildman–Crippen LogP) is 3.15. The minimum absolute atomic E-state index is 0.502. The lowest BCUT2D eigenvalue weighted by Gasteiger charge is -2.27. The number of hydrogen-bond acceptors (Lipinski definition) is 3. The van der Waals surface area contributed by atoms with E-state index in [-0.39, 0.29) is 0 Å². The number of rotatable bonds is 6. The van der Waals surface area contributed by atoms with Crippen molar-refractivity contribution in [3.05, 3.63) is 29.3 Å². The molecule has 1 aliphatic heterocycles. The number of benzene rings is 1. The van der Waals surface area contributed by atoms with Gasteiger partial charge in [0.25, 0.3) is 0 Å². The molecule has 21 heavy (non-hydrogen) atoms. The van der Waals surface area contributed by atoms with Crippen LogP contribution in [0.25, 0.3) is 0 Å². The molecule has 1 unspecified atom stereocenters. The number of nitrogens with zero attached hydrogens (tertiary/aromatic N) is 1. The van der Waals surface area contributed by atoms with Gasteiger partial charge in [-0.05, 0) is 75.9 Å². The van der Waals surface area contributed by atoms with Gasteiger partial charge < -0.3 is 15.0 Å². The molecule has 2 aliphatic rings. The van der Waals surface area contributed by atoms with Gasteiger partial charge in [-0.2, -0.15) is 0 Å². The Labute approximate surface area is 128 Å². The summed E-state index contributed by atoms with van der Waals surface area (Å²) in [5.41, 5.74) is 2.88. The molecule has 3 heteroatoms. The van der Waals surface area contributed by atoms with Crippen LogP contribution in [-0.2, 0) is 6.42 Å². The van der Waals surface area contributed by atoms with Crippen molar-refractivity contribution < 1.29 is 4.74 Å². The van der Waals surface area contributed by atoms with Gasteiger partial charge in [-0.15, -0.1) is 0 Å². The van der Waals surface area contributed by atoms with Crippen molar-refractivity contribution in [1.82, 2.24) is 10.2 Å². The molecular formula is C18H28N2O. The Morgan fingerprint density at radius 2 is 2.10 bits per heavy atom. The highest BCUT2D eigenvalue weighted by molar-refractivity contribution is 5.43. The number of fused-ring (bicyclic) bond motifs is 1. The molecule has 1 aliphatic carbocycles. The zero-order valence-corrected chi connectivity index (χ0v) is 13.2. The molecule has 3 rings (SSSR count). The van der Waals surface area contributed by atoms with Crippen LogP contribution in [0.2, 0.25) is 0 Å². The molecule has 0 aromatic heterocycles. The fraction of sp³-hybridized carbons (Fsp3) is 0.667. The molecule has 1 aromatic rings. The summed E-state index contributed by atoms with van der Waals surface area (Å²) in [7, 11) is 2.06. The normalized spacial score (nSPS) is 22.2. The SMILES string of the molecule is CNC1CCCc2c(OCCCN3CCCC3)cccc21. The van der Waals surface area contributed by atoms with Crippen LogP contribution >= 0.6 is 0 Å². The van der Waals surface area contributed by atoms with Crippen molar-refractivity contribution in [2.75, 3.05) is 33.3 Å². The zero-order chi connectivity index (χ0) is 14.5. The van der Waals surface area contributed by atoms with Gasteiger partial charge in [-0.25, -0.2) is 0 Å². The fourth-order valence-electron chi connectivity index (χ4n) is 3.73. The third-order valence-corrected chi connectivity index (χ3v) is 4.89. The van der Waals surface area contributed by atoms with E-state index in [1.165, 1.54) is 56.4 Å². The van der Waals surface area contributed by atoms with Crippen molar-refractivity contribution in [2.24, 2.45) is 0 Å². The first-order valence-corrected chi connectivity index (χ1v) is 8.52. The average Bonchev–Trinajstić information content (AvgIpc) is 3.04. The van der Waals surface area contributed by atoms with E-state index in [0.29, 0.717) is 6.04 Å². The van der Waals surface area contributed by atoms with Crippen molar-refractivity contribution in [3.8, 4) is 5.75 Å². The van der Waals surface area contributed by atoms with Crippen LogP contribution in [0.3, 0.4) is 0 Å². The van der Waals surface area contributed by atoms with E-state index in [4.69, 9.17) is 4.74 Å². The number of likely N-dealkylation sites (tertiary alicyclic amines) is 1. The second-order valence-corrected chi connectivity index (χ2v) is 6.31. The van der Waals surface area contributed by atoms with Crippen molar-refractivity contribution in [3.63, 3.8) is 0 Å². The molecule has 0 radical (unpaired) electrons. The molecule has 0 spiro atoms. The van der Waals surface area contributed by atoms with Gasteiger partial charge in [0.2, 0.25) is 0 Å². The van der Waals surface area contributed by atoms with E-state index in [1.807, 2.05) is 0 Å². The molecule has 1 fully saturated rings. The van der Waals surface area contributed by atoms with E-state index >= 15 is 0 Å². The van der Waals surface area contributed by atoms with Gasteiger partial charge in [-0.1, -0.05) is 12.1 Å². The lowest BCUT2D eigenvalue weighted by atomic mass is 9.87. The summed E-state index contributed by atoms with van der Waals surface area (Å²) in [5.74, 6) is 1.12. The summed E-state index contributed by atoms with van der Waals surface area (Å²) in [4.78, 5) is 2.56. The highest BCUT2D eigenvalue weighted by Crippen LogP contribution is 2.35. The van der Waals surface area contributed by atoms with Gasteiger partial charge in [0.05, 0.1) is 6.61 Å². The van der Waals surface area contributed by atoms with Crippen LogP contribution in [0.1, 0.15) is 49.3 Å². The Morgan fingerprint density at radius 1 is 1.24 bits per heavy atom. The summed E-state index contributed by atoms with van der Waals surface area (Å²) in [6, 6.07) is 7.05. The maximum atomic E-state index is 6.10. The standard InChI is InChI=1S/C18H28N2O/c1-19-17-9-4-8-16-15(17)7-5-10-18(16)21-14-6-13-20-11-2-3-12-20/h5,7,10,17,19H,2-4,6,8-9,11-14H2,1H3. The van der Waals surface area contributed by atoms with E-state index in [0.717, 1.165) is 25.2 Å². The Hall–Kier alpha value is -1.06. The molecule has 1 N–H and O–H groups in total. The summed E-state index contributed by atoms with van der Waals surface area (Å²) >= 11 is 0. The minimum atomic E-state index is 0.502. The number of ether oxygens (including phenoxy) is 1. The van der Waals surface area contributed by atoms with Crippen LogP contribution in [0.5, 0.6) is 5.75 Å². The first-order valence-electron chi connectivity index (χ1n) is 8.52. The zero-order valence-electron chi connectivity index (χ0n) is 13.2. The summed E-state index contributed by atoms with van der Waals surface area (Å²) in [6.45, 7) is 4.60. The first-order chi connectivity index (χ1) is 10.4. The highest BCUT2D eigenvalue weighted by Gasteiger charge is 2.21. The van der Waals surface area contributed by atoms with Crippen LogP contribution in [-0.4, -0.2) is 38.2 Å². The van der Waals surface area contributed by atoms with Crippen molar-refractivity contribution >= 4 is 0 Å². The summed E-state index contributed by atoms with van der Waals surface area (Å²) < 4.78 is 6.10. The van der Waals surface area contributed by atoms with Gasteiger partial charge in [0.1, 0.15) is 5.75 Å². The van der Waals surface area contributed by atoms with Gasteiger partial charge in [0.15, 0.2) is 0 Å². The molecule has 116 valence electrons. The molecule has 0 amide bonds. The average molecular weight is 288 g/mol. The number of nitrogens with one attached hydrogen (secondary N) is 1. The molecule has 0 saturated carbocycles. The molecule has 1 saturated heterocycles. The summed E-state index contributed by atoms with van der Waals surface area (Å²) in [6.07, 6.45) is 7.54. The van der Waals surface area contributed by atoms with Crippen LogP contribution in [0.15, 0.2) is 18.2 Å². The fourth-order valence-corrected chi connectivity index (χ4v) is 3.73. The Kier molecular flexibility index (Phi) is 5.15. The van der Waals surface area contributed by atoms with E-state index in [1.54, 1.807) is 0 Å². The maximum Gasteiger partial charge on any atom is 0.122 e. The Morgan fingerprint density at radius 3 is 2.90 bits per heavy atom. The molecule has 1 atom stereocenters. The first kappa shape index (κ1) is 14.9. The van der Waals surface area contributed by atoms with E-state index in [2.05, 4.69) is 35.5 Å². The number of hydrogen-bond donors (Lipinski definition) is 1. The van der Waals surface area contributed by atoms with Crippen LogP contribution < -0.4 is 10.1 Å². The molecule has 3 nitrogen and oxygen atoms in total. The quantitative estimate of drug-likeness (QED) is 0.814. The lowest BCUT2D eigenvalue weighted by molar-refractivity contribution is 0.260. The largest absolute Gasteiger partial charge is 0.493 e. The third kappa shape index (κ3) is 3.58. The molecule has 1 heterocycles. The molecule has 0 bridgehead atoms. The summed E-state index contributed by atoms with van der Waals surface area (Å²) in [5, 5.41) is 3.43. The minimum Gasteiger partial charge on any atom is -0.493 e. The van der Waals surface area contributed by atoms with Crippen LogP contribution in [0.4, 0.5) is 0 Å². The monoisotopic (exact) mass is 288 g/mol. The van der Waals surface area contributed by atoms with E-state index in [9.17, 15) is 0 Å².